The van der Waals surface area contributed by atoms with Crippen molar-refractivity contribution in [3.8, 4) is 45.3 Å². The summed E-state index contributed by atoms with van der Waals surface area (Å²) in [5, 5.41) is 0. The lowest BCUT2D eigenvalue weighted by Crippen LogP contribution is -1.92. The maximum Gasteiger partial charge on any atom is 0.131 e. The molecule has 158 valence electrons. The SMILES string of the molecule is c1ccc(Oc2cc(Oc3ccccc3)cc(-c3cccc4c3Cc3ccccc3-4)c2)cc1. The van der Waals surface area contributed by atoms with Gasteiger partial charge in [-0.3, -0.25) is 0 Å². The van der Waals surface area contributed by atoms with Crippen molar-refractivity contribution in [2.45, 2.75) is 6.42 Å². The molecular weight excluding hydrogens is 404 g/mol. The van der Waals surface area contributed by atoms with Gasteiger partial charge in [-0.25, -0.2) is 0 Å². The second-order valence-corrected chi connectivity index (χ2v) is 8.19. The zero-order valence-electron chi connectivity index (χ0n) is 18.1. The fourth-order valence-electron chi connectivity index (χ4n) is 4.52. The van der Waals surface area contributed by atoms with Crippen LogP contribution >= 0.6 is 0 Å². The van der Waals surface area contributed by atoms with Gasteiger partial charge in [-0.05, 0) is 76.2 Å². The molecule has 0 aliphatic heterocycles. The van der Waals surface area contributed by atoms with Crippen molar-refractivity contribution in [1.82, 2.24) is 0 Å². The molecule has 0 spiro atoms. The minimum absolute atomic E-state index is 0.748. The Morgan fingerprint density at radius 1 is 0.424 bits per heavy atom. The topological polar surface area (TPSA) is 18.5 Å². The van der Waals surface area contributed by atoms with E-state index in [2.05, 4.69) is 54.6 Å². The van der Waals surface area contributed by atoms with Crippen LogP contribution in [0.15, 0.2) is 121 Å². The van der Waals surface area contributed by atoms with Crippen LogP contribution in [-0.2, 0) is 6.42 Å². The summed E-state index contributed by atoms with van der Waals surface area (Å²) in [6.07, 6.45) is 0.931. The summed E-state index contributed by atoms with van der Waals surface area (Å²) in [6, 6.07) is 41.1. The van der Waals surface area contributed by atoms with Crippen LogP contribution in [0.1, 0.15) is 11.1 Å². The average molecular weight is 427 g/mol. The minimum Gasteiger partial charge on any atom is -0.457 e. The molecule has 5 aromatic carbocycles. The standard InChI is InChI=1S/C31H22O2/c1-3-11-24(12-4-1)32-26-18-23(19-27(21-26)33-25-13-5-2-6-14-25)29-16-9-17-30-28-15-8-7-10-22(28)20-31(29)30/h1-19,21H,20H2. The van der Waals surface area contributed by atoms with Gasteiger partial charge in [-0.15, -0.1) is 0 Å². The van der Waals surface area contributed by atoms with E-state index in [-0.39, 0.29) is 0 Å². The smallest absolute Gasteiger partial charge is 0.131 e. The highest BCUT2D eigenvalue weighted by atomic mass is 16.5. The molecule has 0 heterocycles. The Morgan fingerprint density at radius 2 is 0.970 bits per heavy atom. The Balaban J connectivity index is 1.45. The van der Waals surface area contributed by atoms with Gasteiger partial charge in [0.05, 0.1) is 0 Å². The van der Waals surface area contributed by atoms with Gasteiger partial charge < -0.3 is 9.47 Å². The molecule has 0 fully saturated rings. The molecular formula is C31H22O2. The van der Waals surface area contributed by atoms with Gasteiger partial charge in [0.15, 0.2) is 0 Å². The van der Waals surface area contributed by atoms with Gasteiger partial charge in [-0.1, -0.05) is 78.9 Å². The Hall–Kier alpha value is -4.30. The lowest BCUT2D eigenvalue weighted by molar-refractivity contribution is 0.461. The molecule has 2 nitrogen and oxygen atoms in total. The third kappa shape index (κ3) is 3.88. The van der Waals surface area contributed by atoms with E-state index in [1.165, 1.54) is 27.8 Å². The number of fused-ring (bicyclic) bond motifs is 3. The predicted octanol–water partition coefficient (Wildman–Crippen LogP) is 8.51. The molecule has 0 radical (unpaired) electrons. The zero-order chi connectivity index (χ0) is 22.0. The summed E-state index contributed by atoms with van der Waals surface area (Å²) in [7, 11) is 0. The van der Waals surface area contributed by atoms with Crippen LogP contribution < -0.4 is 9.47 Å². The Labute approximate surface area is 193 Å². The first-order valence-electron chi connectivity index (χ1n) is 11.1. The van der Waals surface area contributed by atoms with E-state index in [0.717, 1.165) is 35.0 Å². The van der Waals surface area contributed by atoms with Crippen molar-refractivity contribution < 1.29 is 9.47 Å². The number of rotatable bonds is 5. The van der Waals surface area contributed by atoms with Crippen molar-refractivity contribution in [3.63, 3.8) is 0 Å². The summed E-state index contributed by atoms with van der Waals surface area (Å²) in [5.74, 6) is 3.09. The second kappa shape index (κ2) is 8.33. The van der Waals surface area contributed by atoms with E-state index in [1.807, 2.05) is 66.7 Å². The fourth-order valence-corrected chi connectivity index (χ4v) is 4.52. The number of ether oxygens (including phenoxy) is 2. The normalized spacial score (nSPS) is 11.5. The Bertz CT molecular complexity index is 1360. The molecule has 2 heteroatoms. The third-order valence-electron chi connectivity index (χ3n) is 6.00. The second-order valence-electron chi connectivity index (χ2n) is 8.19. The van der Waals surface area contributed by atoms with Crippen molar-refractivity contribution in [1.29, 1.82) is 0 Å². The Kier molecular flexibility index (Phi) is 4.89. The van der Waals surface area contributed by atoms with E-state index >= 15 is 0 Å². The molecule has 1 aliphatic carbocycles. The lowest BCUT2D eigenvalue weighted by atomic mass is 9.95. The van der Waals surface area contributed by atoms with Gasteiger partial charge >= 0.3 is 0 Å². The van der Waals surface area contributed by atoms with Crippen LogP contribution in [0.5, 0.6) is 23.0 Å². The number of para-hydroxylation sites is 2. The predicted molar refractivity (Wildman–Crippen MR) is 133 cm³/mol. The first-order valence-corrected chi connectivity index (χ1v) is 11.1. The van der Waals surface area contributed by atoms with Crippen molar-refractivity contribution >= 4 is 0 Å². The monoisotopic (exact) mass is 426 g/mol. The molecule has 6 rings (SSSR count). The first-order chi connectivity index (χ1) is 16.3. The van der Waals surface area contributed by atoms with Gasteiger partial charge in [0.2, 0.25) is 0 Å². The van der Waals surface area contributed by atoms with E-state index in [0.29, 0.717) is 0 Å². The number of hydrogen-bond donors (Lipinski definition) is 0. The molecule has 1 aliphatic rings. The molecule has 0 amide bonds. The molecule has 33 heavy (non-hydrogen) atoms. The van der Waals surface area contributed by atoms with Crippen LogP contribution in [0.3, 0.4) is 0 Å². The summed E-state index contributed by atoms with van der Waals surface area (Å²) in [6.45, 7) is 0. The molecule has 0 N–H and O–H groups in total. The van der Waals surface area contributed by atoms with Gasteiger partial charge in [0.25, 0.3) is 0 Å². The highest BCUT2D eigenvalue weighted by Crippen LogP contribution is 2.43. The van der Waals surface area contributed by atoms with Crippen LogP contribution in [0.4, 0.5) is 0 Å². The molecule has 0 saturated carbocycles. The van der Waals surface area contributed by atoms with Crippen molar-refractivity contribution in [2.24, 2.45) is 0 Å². The Morgan fingerprint density at radius 3 is 1.64 bits per heavy atom. The lowest BCUT2D eigenvalue weighted by Gasteiger charge is -2.14. The summed E-state index contributed by atoms with van der Waals surface area (Å²) in [4.78, 5) is 0. The van der Waals surface area contributed by atoms with Gasteiger partial charge in [0, 0.05) is 6.07 Å². The van der Waals surface area contributed by atoms with E-state index in [1.54, 1.807) is 0 Å². The first kappa shape index (κ1) is 19.4. The van der Waals surface area contributed by atoms with Crippen molar-refractivity contribution in [2.75, 3.05) is 0 Å². The highest BCUT2D eigenvalue weighted by molar-refractivity contribution is 5.85. The average Bonchev–Trinajstić information content (AvgIpc) is 3.24. The van der Waals surface area contributed by atoms with Crippen LogP contribution in [0.2, 0.25) is 0 Å². The fraction of sp³-hybridized carbons (Fsp3) is 0.0323. The molecule has 0 atom stereocenters. The molecule has 5 aromatic rings. The summed E-state index contributed by atoms with van der Waals surface area (Å²) < 4.78 is 12.4. The zero-order valence-corrected chi connectivity index (χ0v) is 18.1. The van der Waals surface area contributed by atoms with Crippen molar-refractivity contribution in [3.05, 3.63) is 132 Å². The van der Waals surface area contributed by atoms with Crippen LogP contribution in [-0.4, -0.2) is 0 Å². The molecule has 0 aromatic heterocycles. The quantitative estimate of drug-likeness (QED) is 0.275. The minimum atomic E-state index is 0.748. The van der Waals surface area contributed by atoms with Gasteiger partial charge in [0.1, 0.15) is 23.0 Å². The number of benzene rings is 5. The van der Waals surface area contributed by atoms with Crippen LogP contribution in [0.25, 0.3) is 22.3 Å². The summed E-state index contributed by atoms with van der Waals surface area (Å²) in [5.41, 5.74) is 7.65. The third-order valence-corrected chi connectivity index (χ3v) is 6.00. The molecule has 0 bridgehead atoms. The molecule has 0 unspecified atom stereocenters. The molecule has 0 saturated heterocycles. The maximum absolute atomic E-state index is 6.22. The van der Waals surface area contributed by atoms with E-state index in [9.17, 15) is 0 Å². The van der Waals surface area contributed by atoms with E-state index < -0.39 is 0 Å². The number of hydrogen-bond acceptors (Lipinski definition) is 2. The summed E-state index contributed by atoms with van der Waals surface area (Å²) >= 11 is 0. The maximum atomic E-state index is 6.22. The largest absolute Gasteiger partial charge is 0.457 e. The van der Waals surface area contributed by atoms with Gasteiger partial charge in [-0.2, -0.15) is 0 Å². The van der Waals surface area contributed by atoms with E-state index in [4.69, 9.17) is 9.47 Å². The highest BCUT2D eigenvalue weighted by Gasteiger charge is 2.21. The van der Waals surface area contributed by atoms with Crippen LogP contribution in [0, 0.1) is 0 Å².